The van der Waals surface area contributed by atoms with Crippen LogP contribution in [0.25, 0.3) is 5.69 Å². The molecule has 0 bridgehead atoms. The largest absolute Gasteiger partial charge is 0.494 e. The lowest BCUT2D eigenvalue weighted by molar-refractivity contribution is 0.188. The zero-order valence-electron chi connectivity index (χ0n) is 14.8. The molecular weight excluding hydrogens is 318 g/mol. The summed E-state index contributed by atoms with van der Waals surface area (Å²) in [6.07, 6.45) is 4.79. The van der Waals surface area contributed by atoms with Crippen LogP contribution in [0.15, 0.2) is 29.5 Å². The average molecular weight is 341 g/mol. The summed E-state index contributed by atoms with van der Waals surface area (Å²) in [7, 11) is 5.53. The van der Waals surface area contributed by atoms with Crippen molar-refractivity contribution < 1.29 is 9.47 Å². The summed E-state index contributed by atoms with van der Waals surface area (Å²) < 4.78 is 13.2. The Kier molecular flexibility index (Phi) is 3.97. The van der Waals surface area contributed by atoms with Crippen molar-refractivity contribution in [2.45, 2.75) is 18.4 Å². The Labute approximate surface area is 147 Å². The van der Waals surface area contributed by atoms with Gasteiger partial charge in [-0.1, -0.05) is 0 Å². The van der Waals surface area contributed by atoms with Crippen molar-refractivity contribution in [2.75, 3.05) is 34.4 Å². The number of fused-ring (bicyclic) bond motifs is 2. The Morgan fingerprint density at radius 1 is 1.36 bits per heavy atom. The first kappa shape index (κ1) is 16.1. The number of rotatable bonds is 4. The smallest absolute Gasteiger partial charge is 0.144 e. The van der Waals surface area contributed by atoms with Crippen LogP contribution < -0.4 is 15.4 Å². The lowest BCUT2D eigenvalue weighted by atomic mass is 9.79. The Bertz CT molecular complexity index is 821. The molecule has 7 nitrogen and oxygen atoms in total. The van der Waals surface area contributed by atoms with E-state index >= 15 is 0 Å². The minimum atomic E-state index is -0.183. The minimum Gasteiger partial charge on any atom is -0.494 e. The summed E-state index contributed by atoms with van der Waals surface area (Å²) in [6, 6.07) is 4.14. The number of methoxy groups -OCH3 is 1. The molecule has 2 aromatic rings. The van der Waals surface area contributed by atoms with E-state index in [0.717, 1.165) is 53.7 Å². The number of amidine groups is 1. The molecule has 4 rings (SSSR count). The molecule has 2 aliphatic heterocycles. The van der Waals surface area contributed by atoms with E-state index < -0.39 is 0 Å². The fourth-order valence-corrected chi connectivity index (χ4v) is 3.78. The molecule has 3 heterocycles. The van der Waals surface area contributed by atoms with E-state index in [1.54, 1.807) is 7.11 Å². The normalized spacial score (nSPS) is 21.5. The second kappa shape index (κ2) is 6.16. The monoisotopic (exact) mass is 341 g/mol. The van der Waals surface area contributed by atoms with Crippen molar-refractivity contribution in [1.29, 1.82) is 0 Å². The molecule has 0 saturated carbocycles. The lowest BCUT2D eigenvalue weighted by Gasteiger charge is -2.25. The van der Waals surface area contributed by atoms with Gasteiger partial charge in [-0.3, -0.25) is 0 Å². The zero-order valence-corrected chi connectivity index (χ0v) is 14.8. The Hall–Kier alpha value is -2.38. The Morgan fingerprint density at radius 3 is 2.92 bits per heavy atom. The third kappa shape index (κ3) is 2.42. The van der Waals surface area contributed by atoms with Gasteiger partial charge in [0.05, 0.1) is 31.0 Å². The van der Waals surface area contributed by atoms with Crippen LogP contribution in [-0.2, 0) is 16.7 Å². The van der Waals surface area contributed by atoms with Crippen LogP contribution in [0.2, 0.25) is 0 Å². The highest BCUT2D eigenvalue weighted by Gasteiger charge is 2.47. The van der Waals surface area contributed by atoms with E-state index in [1.165, 1.54) is 0 Å². The molecule has 0 unspecified atom stereocenters. The second-order valence-corrected chi connectivity index (χ2v) is 6.46. The lowest BCUT2D eigenvalue weighted by Crippen LogP contribution is -2.41. The van der Waals surface area contributed by atoms with E-state index in [-0.39, 0.29) is 5.41 Å². The maximum atomic E-state index is 5.70. The van der Waals surface area contributed by atoms with E-state index in [4.69, 9.17) is 14.5 Å². The van der Waals surface area contributed by atoms with E-state index in [0.29, 0.717) is 6.61 Å². The van der Waals surface area contributed by atoms with E-state index in [9.17, 15) is 0 Å². The molecule has 0 amide bonds. The van der Waals surface area contributed by atoms with Gasteiger partial charge in [-0.25, -0.2) is 9.67 Å². The number of ether oxygens (including phenoxy) is 2. The molecule has 1 saturated heterocycles. The van der Waals surface area contributed by atoms with Gasteiger partial charge in [-0.15, -0.1) is 0 Å². The molecule has 1 aromatic carbocycles. The van der Waals surface area contributed by atoms with Crippen molar-refractivity contribution in [3.63, 3.8) is 0 Å². The van der Waals surface area contributed by atoms with Crippen LogP contribution in [0.5, 0.6) is 5.75 Å². The Morgan fingerprint density at radius 2 is 2.24 bits per heavy atom. The van der Waals surface area contributed by atoms with Gasteiger partial charge < -0.3 is 20.1 Å². The maximum absolute atomic E-state index is 5.70. The number of likely N-dealkylation sites (N-methyl/N-ethyl adjacent to an activating group) is 1. The van der Waals surface area contributed by atoms with Crippen molar-refractivity contribution >= 4 is 11.5 Å². The Balaban J connectivity index is 1.82. The predicted molar refractivity (Wildman–Crippen MR) is 96.1 cm³/mol. The summed E-state index contributed by atoms with van der Waals surface area (Å²) >= 11 is 0. The minimum absolute atomic E-state index is 0.183. The van der Waals surface area contributed by atoms with Gasteiger partial charge in [0.2, 0.25) is 0 Å². The first-order valence-electron chi connectivity index (χ1n) is 8.47. The number of nitrogens with one attached hydrogen (secondary N) is 2. The maximum Gasteiger partial charge on any atom is 0.144 e. The summed E-state index contributed by atoms with van der Waals surface area (Å²) in [5, 5.41) is 10.9. The highest BCUT2D eigenvalue weighted by molar-refractivity contribution is 6.01. The van der Waals surface area contributed by atoms with Crippen LogP contribution in [0, 0.1) is 0 Å². The van der Waals surface area contributed by atoms with E-state index in [1.807, 2.05) is 31.2 Å². The molecule has 0 aliphatic carbocycles. The van der Waals surface area contributed by atoms with Crippen LogP contribution >= 0.6 is 0 Å². The number of nitrogens with zero attached hydrogens (tertiary/aromatic N) is 3. The fraction of sp³-hybridized carbons (Fsp3) is 0.444. The predicted octanol–water partition coefficient (Wildman–Crippen LogP) is 1.52. The van der Waals surface area contributed by atoms with Gasteiger partial charge in [-0.2, -0.15) is 5.10 Å². The molecule has 132 valence electrons. The molecule has 2 N–H and O–H groups in total. The molecule has 1 spiro atoms. The van der Waals surface area contributed by atoms with Gasteiger partial charge in [0, 0.05) is 32.0 Å². The highest BCUT2D eigenvalue weighted by atomic mass is 16.5. The number of hydrogen-bond acceptors (Lipinski definition) is 6. The molecule has 1 fully saturated rings. The van der Waals surface area contributed by atoms with Crippen LogP contribution in [0.3, 0.4) is 0 Å². The highest BCUT2D eigenvalue weighted by Crippen LogP contribution is 2.47. The second-order valence-electron chi connectivity index (χ2n) is 6.46. The van der Waals surface area contributed by atoms with Crippen LogP contribution in [0.1, 0.15) is 17.5 Å². The van der Waals surface area contributed by atoms with Crippen LogP contribution in [0.4, 0.5) is 5.69 Å². The number of aromatic nitrogens is 2. The summed E-state index contributed by atoms with van der Waals surface area (Å²) in [5.74, 6) is 1.76. The van der Waals surface area contributed by atoms with Gasteiger partial charge in [0.15, 0.2) is 0 Å². The number of aliphatic imine (C=N–C) groups is 1. The van der Waals surface area contributed by atoms with Gasteiger partial charge >= 0.3 is 0 Å². The first-order valence-corrected chi connectivity index (χ1v) is 8.47. The number of hydrogen-bond donors (Lipinski definition) is 2. The fourth-order valence-electron chi connectivity index (χ4n) is 3.78. The summed E-state index contributed by atoms with van der Waals surface area (Å²) in [4.78, 5) is 4.83. The third-order valence-electron chi connectivity index (χ3n) is 5.02. The van der Waals surface area contributed by atoms with Gasteiger partial charge in [-0.05, 0) is 31.2 Å². The molecular formula is C18H23N5O2. The summed E-state index contributed by atoms with van der Waals surface area (Å²) in [5.41, 5.74) is 3.94. The number of benzene rings is 1. The van der Waals surface area contributed by atoms with Gasteiger partial charge in [0.1, 0.15) is 17.3 Å². The SMILES string of the molecule is CNCc1cnn(-c2cc3c(cc2OC)[C@]2(CCOC2)C(NC)=N3)c1. The van der Waals surface area contributed by atoms with Gasteiger partial charge in [0.25, 0.3) is 0 Å². The quantitative estimate of drug-likeness (QED) is 0.882. The van der Waals surface area contributed by atoms with Crippen molar-refractivity contribution in [1.82, 2.24) is 20.4 Å². The molecule has 25 heavy (non-hydrogen) atoms. The molecule has 0 radical (unpaired) electrons. The molecule has 1 atom stereocenters. The van der Waals surface area contributed by atoms with Crippen LogP contribution in [-0.4, -0.2) is 50.0 Å². The molecule has 1 aromatic heterocycles. The van der Waals surface area contributed by atoms with Crippen molar-refractivity contribution in [3.8, 4) is 11.4 Å². The third-order valence-corrected chi connectivity index (χ3v) is 5.02. The van der Waals surface area contributed by atoms with Crippen molar-refractivity contribution in [3.05, 3.63) is 35.7 Å². The van der Waals surface area contributed by atoms with Crippen molar-refractivity contribution in [2.24, 2.45) is 4.99 Å². The van der Waals surface area contributed by atoms with E-state index in [2.05, 4.69) is 27.9 Å². The summed E-state index contributed by atoms with van der Waals surface area (Å²) in [6.45, 7) is 2.17. The average Bonchev–Trinajstić information content (AvgIpc) is 3.35. The zero-order chi connectivity index (χ0) is 17.4. The topological polar surface area (TPSA) is 72.7 Å². The molecule has 7 heteroatoms. The first-order chi connectivity index (χ1) is 12.2. The standard InChI is InChI=1S/C18H23N5O2/c1-19-8-12-9-21-23(10-12)15-7-14-13(6-16(15)24-3)18(4-5-25-11-18)17(20-2)22-14/h6-7,9-10,19H,4-5,8,11H2,1-3H3,(H,20,22)/t18-/m1/s1. The molecule has 2 aliphatic rings.